The van der Waals surface area contributed by atoms with Crippen LogP contribution in [-0.2, 0) is 13.2 Å². The van der Waals surface area contributed by atoms with E-state index in [1.807, 2.05) is 41.8 Å². The van der Waals surface area contributed by atoms with Gasteiger partial charge in [0.2, 0.25) is 5.88 Å². The second kappa shape index (κ2) is 10.4. The predicted molar refractivity (Wildman–Crippen MR) is 125 cm³/mol. The van der Waals surface area contributed by atoms with Crippen molar-refractivity contribution in [3.63, 3.8) is 0 Å². The van der Waals surface area contributed by atoms with Crippen LogP contribution in [0.1, 0.15) is 31.8 Å². The summed E-state index contributed by atoms with van der Waals surface area (Å²) in [6.45, 7) is 0.719. The summed E-state index contributed by atoms with van der Waals surface area (Å²) in [7, 11) is 0. The summed E-state index contributed by atoms with van der Waals surface area (Å²) in [5, 5.41) is 9.30. The maximum Gasteiger partial charge on any atom is 0.256 e. The average molecular weight is 444 g/mol. The highest BCUT2D eigenvalue weighted by Crippen LogP contribution is 2.18. The van der Waals surface area contributed by atoms with Gasteiger partial charge < -0.3 is 15.4 Å². The van der Waals surface area contributed by atoms with Gasteiger partial charge in [-0.25, -0.2) is 4.98 Å². The van der Waals surface area contributed by atoms with Gasteiger partial charge in [0.15, 0.2) is 0 Å². The van der Waals surface area contributed by atoms with E-state index in [9.17, 15) is 9.59 Å². The number of anilines is 1. The lowest BCUT2D eigenvalue weighted by Gasteiger charge is -2.12. The summed E-state index contributed by atoms with van der Waals surface area (Å²) in [6, 6.07) is 22.1. The number of para-hydroxylation sites is 1. The van der Waals surface area contributed by atoms with E-state index in [1.54, 1.807) is 48.0 Å². The molecule has 0 unspecified atom stereocenters. The van der Waals surface area contributed by atoms with E-state index in [4.69, 9.17) is 4.74 Å². The fourth-order valence-corrected chi connectivity index (χ4v) is 3.66. The number of carbonyl (C=O) groups excluding carboxylic acids is 2. The zero-order chi connectivity index (χ0) is 22.2. The third-order valence-corrected chi connectivity index (χ3v) is 5.37. The molecule has 4 rings (SSSR count). The molecule has 4 aromatic rings. The van der Waals surface area contributed by atoms with Crippen LogP contribution in [-0.4, -0.2) is 16.8 Å². The van der Waals surface area contributed by atoms with Gasteiger partial charge in [0, 0.05) is 24.2 Å². The Morgan fingerprint density at radius 2 is 1.72 bits per heavy atom. The standard InChI is InChI=1S/C25H21N3O3S/c29-24(20-11-13-32-17-20)28-22-9-5-4-8-21(22)25(30)27-15-19-10-12-26-23(14-19)31-16-18-6-2-1-3-7-18/h1-14,17H,15-16H2,(H,27,30)(H,28,29). The largest absolute Gasteiger partial charge is 0.473 e. The lowest BCUT2D eigenvalue weighted by atomic mass is 10.1. The first-order chi connectivity index (χ1) is 15.7. The summed E-state index contributed by atoms with van der Waals surface area (Å²) in [5.41, 5.74) is 3.32. The lowest BCUT2D eigenvalue weighted by molar-refractivity contribution is 0.0951. The van der Waals surface area contributed by atoms with E-state index >= 15 is 0 Å². The molecule has 0 radical (unpaired) electrons. The molecule has 0 saturated carbocycles. The highest BCUT2D eigenvalue weighted by Gasteiger charge is 2.14. The number of carbonyl (C=O) groups is 2. The van der Waals surface area contributed by atoms with E-state index in [0.29, 0.717) is 35.8 Å². The Morgan fingerprint density at radius 3 is 2.53 bits per heavy atom. The first-order valence-electron chi connectivity index (χ1n) is 10.0. The van der Waals surface area contributed by atoms with Crippen molar-refractivity contribution in [1.82, 2.24) is 10.3 Å². The minimum absolute atomic E-state index is 0.249. The molecule has 0 fully saturated rings. The van der Waals surface area contributed by atoms with E-state index in [-0.39, 0.29) is 11.8 Å². The zero-order valence-electron chi connectivity index (χ0n) is 17.2. The van der Waals surface area contributed by atoms with E-state index < -0.39 is 0 Å². The number of pyridine rings is 1. The summed E-state index contributed by atoms with van der Waals surface area (Å²) in [6.07, 6.45) is 1.65. The minimum atomic E-state index is -0.283. The molecule has 2 aromatic heterocycles. The molecule has 2 amide bonds. The number of nitrogens with one attached hydrogen (secondary N) is 2. The molecule has 0 aliphatic rings. The fraction of sp³-hybridized carbons (Fsp3) is 0.0800. The smallest absolute Gasteiger partial charge is 0.256 e. The van der Waals surface area contributed by atoms with Gasteiger partial charge in [-0.15, -0.1) is 0 Å². The molecule has 6 nitrogen and oxygen atoms in total. The van der Waals surface area contributed by atoms with Crippen molar-refractivity contribution in [2.45, 2.75) is 13.2 Å². The average Bonchev–Trinajstić information content (AvgIpc) is 3.38. The number of amides is 2. The molecule has 0 saturated heterocycles. The third kappa shape index (κ3) is 5.59. The Bertz CT molecular complexity index is 1190. The number of thiophene rings is 1. The predicted octanol–water partition coefficient (Wildman–Crippen LogP) is 4.90. The number of nitrogens with zero attached hydrogens (tertiary/aromatic N) is 1. The normalized spacial score (nSPS) is 10.4. The molecule has 160 valence electrons. The zero-order valence-corrected chi connectivity index (χ0v) is 18.0. The maximum atomic E-state index is 12.8. The van der Waals surface area contributed by atoms with Gasteiger partial charge in [0.05, 0.1) is 16.8 Å². The number of aromatic nitrogens is 1. The summed E-state index contributed by atoms with van der Waals surface area (Å²) in [5.74, 6) is -0.0420. The second-order valence-electron chi connectivity index (χ2n) is 6.97. The van der Waals surface area contributed by atoms with Crippen LogP contribution in [0.2, 0.25) is 0 Å². The van der Waals surface area contributed by atoms with Crippen LogP contribution < -0.4 is 15.4 Å². The Labute approximate surface area is 189 Å². The van der Waals surface area contributed by atoms with Crippen LogP contribution >= 0.6 is 11.3 Å². The van der Waals surface area contributed by atoms with Crippen molar-refractivity contribution < 1.29 is 14.3 Å². The number of hydrogen-bond acceptors (Lipinski definition) is 5. The Morgan fingerprint density at radius 1 is 0.906 bits per heavy atom. The molecule has 0 bridgehead atoms. The van der Waals surface area contributed by atoms with Crippen molar-refractivity contribution in [1.29, 1.82) is 0 Å². The molecule has 7 heteroatoms. The van der Waals surface area contributed by atoms with Crippen molar-refractivity contribution >= 4 is 28.8 Å². The highest BCUT2D eigenvalue weighted by atomic mass is 32.1. The second-order valence-corrected chi connectivity index (χ2v) is 7.75. The van der Waals surface area contributed by atoms with Crippen LogP contribution in [0.5, 0.6) is 5.88 Å². The summed E-state index contributed by atoms with van der Waals surface area (Å²) < 4.78 is 5.75. The van der Waals surface area contributed by atoms with Crippen LogP contribution in [0.15, 0.2) is 89.8 Å². The number of ether oxygens (including phenoxy) is 1. The summed E-state index contributed by atoms with van der Waals surface area (Å²) in [4.78, 5) is 29.4. The van der Waals surface area contributed by atoms with Gasteiger partial charge in [-0.2, -0.15) is 11.3 Å². The Balaban J connectivity index is 1.37. The minimum Gasteiger partial charge on any atom is -0.473 e. The quantitative estimate of drug-likeness (QED) is 0.406. The monoisotopic (exact) mass is 443 g/mol. The van der Waals surface area contributed by atoms with Gasteiger partial charge in [-0.3, -0.25) is 9.59 Å². The molecule has 2 heterocycles. The highest BCUT2D eigenvalue weighted by molar-refractivity contribution is 7.08. The van der Waals surface area contributed by atoms with Gasteiger partial charge in [-0.1, -0.05) is 42.5 Å². The molecule has 0 spiro atoms. The van der Waals surface area contributed by atoms with Gasteiger partial charge >= 0.3 is 0 Å². The van der Waals surface area contributed by atoms with E-state index in [1.165, 1.54) is 11.3 Å². The SMILES string of the molecule is O=C(Nc1ccccc1C(=O)NCc1ccnc(OCc2ccccc2)c1)c1ccsc1. The Hall–Kier alpha value is -3.97. The first kappa shape index (κ1) is 21.3. The fourth-order valence-electron chi connectivity index (χ4n) is 3.03. The first-order valence-corrected chi connectivity index (χ1v) is 11.0. The lowest BCUT2D eigenvalue weighted by Crippen LogP contribution is -2.24. The molecular formula is C25H21N3O3S. The molecular weight excluding hydrogens is 422 g/mol. The topological polar surface area (TPSA) is 80.3 Å². The Kier molecular flexibility index (Phi) is 6.89. The van der Waals surface area contributed by atoms with Crippen LogP contribution in [0.25, 0.3) is 0 Å². The van der Waals surface area contributed by atoms with Crippen molar-refractivity contribution in [2.75, 3.05) is 5.32 Å². The van der Waals surface area contributed by atoms with E-state index in [0.717, 1.165) is 11.1 Å². The van der Waals surface area contributed by atoms with E-state index in [2.05, 4.69) is 15.6 Å². The van der Waals surface area contributed by atoms with Gasteiger partial charge in [-0.05, 0) is 40.8 Å². The van der Waals surface area contributed by atoms with Crippen LogP contribution in [0, 0.1) is 0 Å². The molecule has 0 atom stereocenters. The van der Waals surface area contributed by atoms with Crippen LogP contribution in [0.3, 0.4) is 0 Å². The third-order valence-electron chi connectivity index (χ3n) is 4.69. The van der Waals surface area contributed by atoms with Gasteiger partial charge in [0.25, 0.3) is 11.8 Å². The molecule has 0 aliphatic carbocycles. The molecule has 2 aromatic carbocycles. The maximum absolute atomic E-state index is 12.8. The number of benzene rings is 2. The molecule has 0 aliphatic heterocycles. The van der Waals surface area contributed by atoms with Crippen LogP contribution in [0.4, 0.5) is 5.69 Å². The molecule has 2 N–H and O–H groups in total. The number of hydrogen-bond donors (Lipinski definition) is 2. The molecule has 32 heavy (non-hydrogen) atoms. The van der Waals surface area contributed by atoms with Crippen molar-refractivity contribution in [3.8, 4) is 5.88 Å². The number of rotatable bonds is 8. The van der Waals surface area contributed by atoms with Crippen molar-refractivity contribution in [3.05, 3.63) is 112 Å². The van der Waals surface area contributed by atoms with Crippen molar-refractivity contribution in [2.24, 2.45) is 0 Å². The van der Waals surface area contributed by atoms with Gasteiger partial charge in [0.1, 0.15) is 6.61 Å². The summed E-state index contributed by atoms with van der Waals surface area (Å²) >= 11 is 1.44.